The van der Waals surface area contributed by atoms with Crippen molar-refractivity contribution in [1.29, 1.82) is 0 Å². The number of nitrogens with zero attached hydrogens (tertiary/aromatic N) is 2. The SMILES string of the molecule is CC(C)C(=O)Nc1nc2cccnc2s1. The van der Waals surface area contributed by atoms with Crippen molar-refractivity contribution in [3.8, 4) is 0 Å². The van der Waals surface area contributed by atoms with E-state index in [2.05, 4.69) is 15.3 Å². The van der Waals surface area contributed by atoms with Crippen LogP contribution < -0.4 is 5.32 Å². The molecule has 0 saturated carbocycles. The van der Waals surface area contributed by atoms with Gasteiger partial charge in [-0.05, 0) is 12.1 Å². The van der Waals surface area contributed by atoms with E-state index in [1.165, 1.54) is 11.3 Å². The zero-order valence-corrected chi connectivity index (χ0v) is 9.34. The van der Waals surface area contributed by atoms with Gasteiger partial charge in [-0.2, -0.15) is 0 Å². The van der Waals surface area contributed by atoms with E-state index in [1.54, 1.807) is 6.20 Å². The third-order valence-electron chi connectivity index (χ3n) is 1.92. The van der Waals surface area contributed by atoms with Gasteiger partial charge < -0.3 is 5.32 Å². The molecule has 0 aliphatic carbocycles. The summed E-state index contributed by atoms with van der Waals surface area (Å²) in [6.45, 7) is 3.70. The summed E-state index contributed by atoms with van der Waals surface area (Å²) in [7, 11) is 0. The lowest BCUT2D eigenvalue weighted by Gasteiger charge is -2.02. The molecule has 0 unspecified atom stereocenters. The maximum atomic E-state index is 11.4. The first-order chi connectivity index (χ1) is 7.16. The highest BCUT2D eigenvalue weighted by Crippen LogP contribution is 2.23. The standard InChI is InChI=1S/C10H11N3OS/c1-6(2)8(14)13-10-12-7-4-3-5-11-9(7)15-10/h3-6H,1-2H3,(H,12,13,14). The van der Waals surface area contributed by atoms with Crippen LogP contribution in [0.3, 0.4) is 0 Å². The Morgan fingerprint density at radius 2 is 2.33 bits per heavy atom. The van der Waals surface area contributed by atoms with Crippen LogP contribution in [0.2, 0.25) is 0 Å². The molecule has 4 nitrogen and oxygen atoms in total. The quantitative estimate of drug-likeness (QED) is 0.846. The molecule has 0 aliphatic rings. The molecule has 0 aromatic carbocycles. The van der Waals surface area contributed by atoms with Crippen molar-refractivity contribution in [3.63, 3.8) is 0 Å². The van der Waals surface area contributed by atoms with Crippen molar-refractivity contribution >= 4 is 32.7 Å². The third-order valence-corrected chi connectivity index (χ3v) is 2.82. The predicted octanol–water partition coefficient (Wildman–Crippen LogP) is 2.29. The number of anilines is 1. The average molecular weight is 221 g/mol. The number of pyridine rings is 1. The van der Waals surface area contributed by atoms with Gasteiger partial charge in [0.05, 0.1) is 0 Å². The van der Waals surface area contributed by atoms with Crippen molar-refractivity contribution in [1.82, 2.24) is 9.97 Å². The first kappa shape index (κ1) is 10.0. The molecular weight excluding hydrogens is 210 g/mol. The van der Waals surface area contributed by atoms with Gasteiger partial charge in [0, 0.05) is 12.1 Å². The van der Waals surface area contributed by atoms with Crippen molar-refractivity contribution in [3.05, 3.63) is 18.3 Å². The lowest BCUT2D eigenvalue weighted by molar-refractivity contribution is -0.118. The minimum absolute atomic E-state index is 0.0194. The normalized spacial score (nSPS) is 10.9. The van der Waals surface area contributed by atoms with Gasteiger partial charge in [0.25, 0.3) is 0 Å². The minimum Gasteiger partial charge on any atom is -0.302 e. The first-order valence-corrected chi connectivity index (χ1v) is 5.51. The molecule has 2 rings (SSSR count). The van der Waals surface area contributed by atoms with Gasteiger partial charge in [-0.15, -0.1) is 0 Å². The molecule has 1 N–H and O–H groups in total. The predicted molar refractivity (Wildman–Crippen MR) is 60.9 cm³/mol. The Labute approximate surface area is 91.4 Å². The highest BCUT2D eigenvalue weighted by atomic mass is 32.1. The highest BCUT2D eigenvalue weighted by Gasteiger charge is 2.10. The second-order valence-corrected chi connectivity index (χ2v) is 4.47. The van der Waals surface area contributed by atoms with Gasteiger partial charge >= 0.3 is 0 Å². The van der Waals surface area contributed by atoms with Crippen LogP contribution in [0, 0.1) is 5.92 Å². The van der Waals surface area contributed by atoms with Gasteiger partial charge in [-0.25, -0.2) is 9.97 Å². The van der Waals surface area contributed by atoms with E-state index in [1.807, 2.05) is 26.0 Å². The Hall–Kier alpha value is -1.49. The lowest BCUT2D eigenvalue weighted by Crippen LogP contribution is -2.17. The molecule has 78 valence electrons. The Bertz CT molecular complexity index is 459. The zero-order chi connectivity index (χ0) is 10.8. The molecule has 5 heteroatoms. The van der Waals surface area contributed by atoms with E-state index in [0.717, 1.165) is 10.3 Å². The molecular formula is C10H11N3OS. The molecule has 15 heavy (non-hydrogen) atoms. The summed E-state index contributed by atoms with van der Waals surface area (Å²) in [5.41, 5.74) is 0.821. The summed E-state index contributed by atoms with van der Waals surface area (Å²) in [6.07, 6.45) is 1.72. The number of rotatable bonds is 2. The second-order valence-electron chi connectivity index (χ2n) is 3.49. The van der Waals surface area contributed by atoms with Gasteiger partial charge in [0.1, 0.15) is 10.3 Å². The van der Waals surface area contributed by atoms with E-state index in [9.17, 15) is 4.79 Å². The number of thiazole rings is 1. The van der Waals surface area contributed by atoms with Crippen LogP contribution in [0.4, 0.5) is 5.13 Å². The summed E-state index contributed by atoms with van der Waals surface area (Å²) in [5.74, 6) is -0.0565. The Kier molecular flexibility index (Phi) is 2.64. The monoisotopic (exact) mass is 221 g/mol. The fourth-order valence-corrected chi connectivity index (χ4v) is 1.88. The van der Waals surface area contributed by atoms with E-state index in [4.69, 9.17) is 0 Å². The second kappa shape index (κ2) is 3.94. The number of amides is 1. The lowest BCUT2D eigenvalue weighted by atomic mass is 10.2. The summed E-state index contributed by atoms with van der Waals surface area (Å²) >= 11 is 1.39. The Morgan fingerprint density at radius 1 is 1.53 bits per heavy atom. The van der Waals surface area contributed by atoms with Crippen LogP contribution in [0.5, 0.6) is 0 Å². The maximum absolute atomic E-state index is 11.4. The molecule has 0 saturated heterocycles. The van der Waals surface area contributed by atoms with E-state index in [0.29, 0.717) is 5.13 Å². The largest absolute Gasteiger partial charge is 0.302 e. The molecule has 0 bridgehead atoms. The van der Waals surface area contributed by atoms with Crippen molar-refractivity contribution in [2.45, 2.75) is 13.8 Å². The van der Waals surface area contributed by atoms with E-state index >= 15 is 0 Å². The van der Waals surface area contributed by atoms with Gasteiger partial charge in [0.15, 0.2) is 5.13 Å². The smallest absolute Gasteiger partial charge is 0.228 e. The molecule has 0 radical (unpaired) electrons. The van der Waals surface area contributed by atoms with Crippen molar-refractivity contribution in [2.75, 3.05) is 5.32 Å². The molecule has 0 fully saturated rings. The number of hydrogen-bond acceptors (Lipinski definition) is 4. The number of fused-ring (bicyclic) bond motifs is 1. The molecule has 2 aromatic heterocycles. The van der Waals surface area contributed by atoms with Crippen LogP contribution in [0.15, 0.2) is 18.3 Å². The molecule has 0 atom stereocenters. The summed E-state index contributed by atoms with van der Waals surface area (Å²) in [4.78, 5) is 20.7. The number of carbonyl (C=O) groups excluding carboxylic acids is 1. The fourth-order valence-electron chi connectivity index (χ4n) is 1.07. The summed E-state index contributed by atoms with van der Waals surface area (Å²) in [5, 5.41) is 3.37. The summed E-state index contributed by atoms with van der Waals surface area (Å²) in [6, 6.07) is 3.71. The number of aromatic nitrogens is 2. The molecule has 2 aromatic rings. The van der Waals surface area contributed by atoms with Crippen LogP contribution in [-0.4, -0.2) is 15.9 Å². The molecule has 0 spiro atoms. The number of hydrogen-bond donors (Lipinski definition) is 1. The van der Waals surface area contributed by atoms with Crippen LogP contribution >= 0.6 is 11.3 Å². The Balaban J connectivity index is 2.26. The molecule has 0 aliphatic heterocycles. The molecule has 2 heterocycles. The minimum atomic E-state index is -0.0371. The van der Waals surface area contributed by atoms with Crippen LogP contribution in [-0.2, 0) is 4.79 Å². The fraction of sp³-hybridized carbons (Fsp3) is 0.300. The molecule has 1 amide bonds. The van der Waals surface area contributed by atoms with E-state index < -0.39 is 0 Å². The van der Waals surface area contributed by atoms with Crippen molar-refractivity contribution < 1.29 is 4.79 Å². The van der Waals surface area contributed by atoms with Crippen LogP contribution in [0.1, 0.15) is 13.8 Å². The van der Waals surface area contributed by atoms with E-state index in [-0.39, 0.29) is 11.8 Å². The Morgan fingerprint density at radius 3 is 3.00 bits per heavy atom. The average Bonchev–Trinajstić information content (AvgIpc) is 2.59. The zero-order valence-electron chi connectivity index (χ0n) is 8.52. The van der Waals surface area contributed by atoms with Gasteiger partial charge in [-0.1, -0.05) is 25.2 Å². The third kappa shape index (κ3) is 2.12. The number of nitrogens with one attached hydrogen (secondary N) is 1. The van der Waals surface area contributed by atoms with Gasteiger partial charge in [-0.3, -0.25) is 4.79 Å². The van der Waals surface area contributed by atoms with Crippen molar-refractivity contribution in [2.24, 2.45) is 5.92 Å². The van der Waals surface area contributed by atoms with Crippen LogP contribution in [0.25, 0.3) is 10.3 Å². The summed E-state index contributed by atoms with van der Waals surface area (Å²) < 4.78 is 0. The number of carbonyl (C=O) groups is 1. The highest BCUT2D eigenvalue weighted by molar-refractivity contribution is 7.21. The maximum Gasteiger partial charge on any atom is 0.228 e. The topological polar surface area (TPSA) is 54.9 Å². The van der Waals surface area contributed by atoms with Gasteiger partial charge in [0.2, 0.25) is 5.91 Å². The first-order valence-electron chi connectivity index (χ1n) is 4.69.